The van der Waals surface area contributed by atoms with Crippen molar-refractivity contribution in [1.29, 1.82) is 0 Å². The Morgan fingerprint density at radius 1 is 1.10 bits per heavy atom. The fraction of sp³-hybridized carbons (Fsp3) is 0.308. The standard InChI is InChI=1S/C13H16N4O3/c1-3-19-12-15-11(14-2)16-13(17-12)20-10-6-4-9(8-18)5-7-10/h4-7,18H,3,8H2,1-2H3,(H,14,15,16,17). The van der Waals surface area contributed by atoms with Gasteiger partial charge >= 0.3 is 12.0 Å². The molecule has 0 bridgehead atoms. The summed E-state index contributed by atoms with van der Waals surface area (Å²) in [6.45, 7) is 2.29. The summed E-state index contributed by atoms with van der Waals surface area (Å²) in [5.74, 6) is 0.934. The van der Waals surface area contributed by atoms with Crippen LogP contribution in [-0.2, 0) is 6.61 Å². The zero-order chi connectivity index (χ0) is 14.4. The summed E-state index contributed by atoms with van der Waals surface area (Å²) < 4.78 is 10.8. The van der Waals surface area contributed by atoms with Crippen LogP contribution in [0.5, 0.6) is 17.8 Å². The SMILES string of the molecule is CCOc1nc(NC)nc(Oc2ccc(CO)cc2)n1. The quantitative estimate of drug-likeness (QED) is 0.828. The molecular formula is C13H16N4O3. The van der Waals surface area contributed by atoms with Crippen LogP contribution in [-0.4, -0.2) is 33.7 Å². The van der Waals surface area contributed by atoms with E-state index in [2.05, 4.69) is 20.3 Å². The molecule has 0 amide bonds. The number of hydrogen-bond acceptors (Lipinski definition) is 7. The second-order valence-electron chi connectivity index (χ2n) is 3.81. The lowest BCUT2D eigenvalue weighted by atomic mass is 10.2. The molecule has 1 heterocycles. The third-order valence-corrected chi connectivity index (χ3v) is 2.41. The molecule has 0 atom stereocenters. The van der Waals surface area contributed by atoms with Crippen LogP contribution < -0.4 is 14.8 Å². The van der Waals surface area contributed by atoms with Gasteiger partial charge in [-0.2, -0.15) is 9.97 Å². The molecule has 1 aromatic heterocycles. The molecule has 0 aliphatic carbocycles. The molecule has 0 fully saturated rings. The zero-order valence-corrected chi connectivity index (χ0v) is 11.3. The Morgan fingerprint density at radius 3 is 2.40 bits per heavy atom. The minimum absolute atomic E-state index is 0.00950. The number of nitrogens with one attached hydrogen (secondary N) is 1. The van der Waals surface area contributed by atoms with Gasteiger partial charge in [0.25, 0.3) is 0 Å². The minimum Gasteiger partial charge on any atom is -0.464 e. The fourth-order valence-corrected chi connectivity index (χ4v) is 1.46. The van der Waals surface area contributed by atoms with Crippen molar-refractivity contribution >= 4 is 5.95 Å². The van der Waals surface area contributed by atoms with E-state index < -0.39 is 0 Å². The molecule has 2 rings (SSSR count). The van der Waals surface area contributed by atoms with E-state index in [0.717, 1.165) is 5.56 Å². The highest BCUT2D eigenvalue weighted by Gasteiger charge is 2.08. The third kappa shape index (κ3) is 3.55. The first-order valence-corrected chi connectivity index (χ1v) is 6.19. The van der Waals surface area contributed by atoms with Gasteiger partial charge in [0.15, 0.2) is 0 Å². The monoisotopic (exact) mass is 276 g/mol. The Labute approximate surface area is 116 Å². The number of aliphatic hydroxyl groups excluding tert-OH is 1. The van der Waals surface area contributed by atoms with E-state index in [0.29, 0.717) is 18.3 Å². The summed E-state index contributed by atoms with van der Waals surface area (Å²) in [6.07, 6.45) is 0. The molecule has 0 saturated carbocycles. The number of hydrogen-bond donors (Lipinski definition) is 2. The predicted octanol–water partition coefficient (Wildman–Crippen LogP) is 1.60. The lowest BCUT2D eigenvalue weighted by Crippen LogP contribution is -2.05. The van der Waals surface area contributed by atoms with Crippen LogP contribution in [0.3, 0.4) is 0 Å². The van der Waals surface area contributed by atoms with E-state index in [9.17, 15) is 0 Å². The first kappa shape index (κ1) is 14.0. The number of nitrogens with zero attached hydrogens (tertiary/aromatic N) is 3. The van der Waals surface area contributed by atoms with E-state index in [1.54, 1.807) is 31.3 Å². The van der Waals surface area contributed by atoms with Gasteiger partial charge < -0.3 is 19.9 Å². The summed E-state index contributed by atoms with van der Waals surface area (Å²) in [5, 5.41) is 11.8. The largest absolute Gasteiger partial charge is 0.464 e. The number of benzene rings is 1. The van der Waals surface area contributed by atoms with Gasteiger partial charge in [0, 0.05) is 7.05 Å². The lowest BCUT2D eigenvalue weighted by Gasteiger charge is -2.08. The summed E-state index contributed by atoms with van der Waals surface area (Å²) in [4.78, 5) is 12.2. The minimum atomic E-state index is -0.00950. The maximum absolute atomic E-state index is 8.98. The molecule has 0 saturated heterocycles. The first-order valence-electron chi connectivity index (χ1n) is 6.19. The Kier molecular flexibility index (Phi) is 4.67. The molecule has 7 nitrogen and oxygen atoms in total. The summed E-state index contributed by atoms with van der Waals surface area (Å²) in [6, 6.07) is 7.33. The zero-order valence-electron chi connectivity index (χ0n) is 11.3. The average Bonchev–Trinajstić information content (AvgIpc) is 2.48. The maximum atomic E-state index is 8.98. The van der Waals surface area contributed by atoms with Crippen LogP contribution in [0.4, 0.5) is 5.95 Å². The number of aromatic nitrogens is 3. The summed E-state index contributed by atoms with van der Waals surface area (Å²) >= 11 is 0. The van der Waals surface area contributed by atoms with Gasteiger partial charge in [0.05, 0.1) is 13.2 Å². The highest BCUT2D eigenvalue weighted by molar-refractivity contribution is 5.31. The normalized spacial score (nSPS) is 10.2. The van der Waals surface area contributed by atoms with Crippen LogP contribution in [0.25, 0.3) is 0 Å². The Balaban J connectivity index is 2.20. The smallest absolute Gasteiger partial charge is 0.330 e. The number of rotatable bonds is 6. The van der Waals surface area contributed by atoms with E-state index in [1.165, 1.54) is 0 Å². The van der Waals surface area contributed by atoms with Crippen LogP contribution in [0.2, 0.25) is 0 Å². The van der Waals surface area contributed by atoms with E-state index >= 15 is 0 Å². The topological polar surface area (TPSA) is 89.4 Å². The summed E-state index contributed by atoms with van der Waals surface area (Å²) in [5.41, 5.74) is 0.805. The molecule has 7 heteroatoms. The Hall–Kier alpha value is -2.41. The van der Waals surface area contributed by atoms with Crippen molar-refractivity contribution in [3.05, 3.63) is 29.8 Å². The first-order chi connectivity index (χ1) is 9.75. The van der Waals surface area contributed by atoms with Crippen molar-refractivity contribution in [2.45, 2.75) is 13.5 Å². The van der Waals surface area contributed by atoms with Gasteiger partial charge in [-0.1, -0.05) is 12.1 Å². The molecule has 0 unspecified atom stereocenters. The molecule has 1 aromatic carbocycles. The predicted molar refractivity (Wildman–Crippen MR) is 73.0 cm³/mol. The van der Waals surface area contributed by atoms with Crippen LogP contribution in [0.1, 0.15) is 12.5 Å². The third-order valence-electron chi connectivity index (χ3n) is 2.41. The maximum Gasteiger partial charge on any atom is 0.330 e. The molecule has 0 spiro atoms. The van der Waals surface area contributed by atoms with Gasteiger partial charge in [0.1, 0.15) is 5.75 Å². The number of anilines is 1. The van der Waals surface area contributed by atoms with Crippen LogP contribution in [0.15, 0.2) is 24.3 Å². The Morgan fingerprint density at radius 2 is 1.80 bits per heavy atom. The van der Waals surface area contributed by atoms with E-state index in [1.807, 2.05) is 6.92 Å². The van der Waals surface area contributed by atoms with Crippen molar-refractivity contribution in [1.82, 2.24) is 15.0 Å². The molecule has 106 valence electrons. The van der Waals surface area contributed by atoms with Crippen molar-refractivity contribution in [3.63, 3.8) is 0 Å². The number of ether oxygens (including phenoxy) is 2. The Bertz CT molecular complexity index is 560. The number of aliphatic hydroxyl groups is 1. The second kappa shape index (κ2) is 6.67. The fourth-order valence-electron chi connectivity index (χ4n) is 1.46. The van der Waals surface area contributed by atoms with Gasteiger partial charge in [-0.15, -0.1) is 4.98 Å². The van der Waals surface area contributed by atoms with Crippen LogP contribution in [0, 0.1) is 0 Å². The molecule has 0 aliphatic heterocycles. The molecule has 20 heavy (non-hydrogen) atoms. The lowest BCUT2D eigenvalue weighted by molar-refractivity contribution is 0.281. The van der Waals surface area contributed by atoms with Crippen LogP contribution >= 0.6 is 0 Å². The van der Waals surface area contributed by atoms with Gasteiger partial charge in [-0.25, -0.2) is 0 Å². The highest BCUT2D eigenvalue weighted by Crippen LogP contribution is 2.21. The van der Waals surface area contributed by atoms with Crippen molar-refractivity contribution in [2.24, 2.45) is 0 Å². The van der Waals surface area contributed by atoms with E-state index in [4.69, 9.17) is 14.6 Å². The van der Waals surface area contributed by atoms with Gasteiger partial charge in [-0.05, 0) is 24.6 Å². The van der Waals surface area contributed by atoms with Crippen molar-refractivity contribution in [2.75, 3.05) is 19.0 Å². The van der Waals surface area contributed by atoms with Gasteiger partial charge in [-0.3, -0.25) is 0 Å². The molecule has 0 radical (unpaired) electrons. The second-order valence-corrected chi connectivity index (χ2v) is 3.81. The van der Waals surface area contributed by atoms with Crippen molar-refractivity contribution in [3.8, 4) is 17.8 Å². The highest BCUT2D eigenvalue weighted by atomic mass is 16.5. The van der Waals surface area contributed by atoms with Gasteiger partial charge in [0.2, 0.25) is 5.95 Å². The summed E-state index contributed by atoms with van der Waals surface area (Å²) in [7, 11) is 1.70. The molecule has 2 N–H and O–H groups in total. The van der Waals surface area contributed by atoms with Crippen molar-refractivity contribution < 1.29 is 14.6 Å². The molecule has 0 aliphatic rings. The molecule has 2 aromatic rings. The van der Waals surface area contributed by atoms with E-state index in [-0.39, 0.29) is 18.6 Å². The molecular weight excluding hydrogens is 260 g/mol. The average molecular weight is 276 g/mol.